The minimum absolute atomic E-state index is 0.167. The van der Waals surface area contributed by atoms with Crippen LogP contribution in [0.3, 0.4) is 0 Å². The van der Waals surface area contributed by atoms with Gasteiger partial charge in [-0.2, -0.15) is 0 Å². The molecule has 3 heterocycles. The fourth-order valence-corrected chi connectivity index (χ4v) is 4.29. The van der Waals surface area contributed by atoms with E-state index in [4.69, 9.17) is 4.74 Å². The van der Waals surface area contributed by atoms with Crippen molar-refractivity contribution in [1.29, 1.82) is 0 Å². The van der Waals surface area contributed by atoms with Gasteiger partial charge < -0.3 is 9.64 Å². The molecule has 2 aromatic carbocycles. The second-order valence-corrected chi connectivity index (χ2v) is 7.50. The van der Waals surface area contributed by atoms with Gasteiger partial charge in [-0.1, -0.05) is 30.3 Å². The Bertz CT molecular complexity index is 804. The second-order valence-electron chi connectivity index (χ2n) is 7.50. The van der Waals surface area contributed by atoms with E-state index in [9.17, 15) is 4.79 Å². The smallest absolute Gasteiger partial charge is 0.227 e. The lowest BCUT2D eigenvalue weighted by molar-refractivity contribution is -0.138. The molecule has 0 spiro atoms. The Balaban J connectivity index is 1.53. The largest absolute Gasteiger partial charge is 0.497 e. The summed E-state index contributed by atoms with van der Waals surface area (Å²) >= 11 is 0. The highest BCUT2D eigenvalue weighted by Gasteiger charge is 2.38. The van der Waals surface area contributed by atoms with Crippen LogP contribution in [0.2, 0.25) is 0 Å². The quantitative estimate of drug-likeness (QED) is 0.847. The van der Waals surface area contributed by atoms with Crippen LogP contribution in [0.1, 0.15) is 18.4 Å². The SMILES string of the molecule is COc1cccc(-c2cccc(CN3C[C@H]4CC[C@@H](C3)N(C)C4=O)c2)c1. The first-order chi connectivity index (χ1) is 12.6. The summed E-state index contributed by atoms with van der Waals surface area (Å²) in [5, 5.41) is 0. The van der Waals surface area contributed by atoms with Gasteiger partial charge in [0.2, 0.25) is 5.91 Å². The Hall–Kier alpha value is -2.33. The first-order valence-electron chi connectivity index (χ1n) is 9.36. The standard InChI is InChI=1S/C22H26N2O2/c1-23-20-10-9-19(22(23)25)14-24(15-20)13-16-5-3-6-17(11-16)18-7-4-8-21(12-18)26-2/h3-8,11-12,19-20H,9-10,13-15H2,1-2H3/t19-,20+/m1/s1. The fraction of sp³-hybridized carbons (Fsp3) is 0.409. The number of hydrogen-bond donors (Lipinski definition) is 0. The molecule has 3 aliphatic rings. The maximum absolute atomic E-state index is 12.4. The van der Waals surface area contributed by atoms with Gasteiger partial charge in [-0.05, 0) is 47.7 Å². The van der Waals surface area contributed by atoms with Gasteiger partial charge in [0, 0.05) is 32.7 Å². The topological polar surface area (TPSA) is 32.8 Å². The molecule has 0 aliphatic carbocycles. The summed E-state index contributed by atoms with van der Waals surface area (Å²) < 4.78 is 5.35. The third kappa shape index (κ3) is 3.34. The van der Waals surface area contributed by atoms with Crippen LogP contribution in [-0.4, -0.2) is 49.0 Å². The maximum atomic E-state index is 12.4. The summed E-state index contributed by atoms with van der Waals surface area (Å²) in [6, 6.07) is 17.2. The summed E-state index contributed by atoms with van der Waals surface area (Å²) in [6.07, 6.45) is 2.17. The number of piperidine rings is 1. The molecule has 0 saturated carbocycles. The normalized spacial score (nSPS) is 23.2. The molecule has 0 radical (unpaired) electrons. The average molecular weight is 350 g/mol. The van der Waals surface area contributed by atoms with E-state index in [0.29, 0.717) is 11.9 Å². The maximum Gasteiger partial charge on any atom is 0.227 e. The molecule has 4 nitrogen and oxygen atoms in total. The molecule has 1 amide bonds. The van der Waals surface area contributed by atoms with Crippen molar-refractivity contribution in [2.75, 3.05) is 27.2 Å². The molecule has 4 heteroatoms. The first kappa shape index (κ1) is 17.1. The Labute approximate surface area is 155 Å². The molecule has 3 aliphatic heterocycles. The zero-order chi connectivity index (χ0) is 18.1. The van der Waals surface area contributed by atoms with E-state index in [-0.39, 0.29) is 5.92 Å². The minimum Gasteiger partial charge on any atom is -0.497 e. The van der Waals surface area contributed by atoms with Gasteiger partial charge in [0.25, 0.3) is 0 Å². The van der Waals surface area contributed by atoms with Crippen LogP contribution in [-0.2, 0) is 11.3 Å². The lowest BCUT2D eigenvalue weighted by Crippen LogP contribution is -2.45. The number of ether oxygens (including phenoxy) is 1. The van der Waals surface area contributed by atoms with Crippen molar-refractivity contribution in [2.45, 2.75) is 25.4 Å². The molecule has 0 N–H and O–H groups in total. The van der Waals surface area contributed by atoms with E-state index in [1.165, 1.54) is 11.1 Å². The van der Waals surface area contributed by atoms with Crippen LogP contribution in [0.25, 0.3) is 11.1 Å². The van der Waals surface area contributed by atoms with Crippen LogP contribution in [0.15, 0.2) is 48.5 Å². The number of carbonyl (C=O) groups is 1. The fourth-order valence-electron chi connectivity index (χ4n) is 4.29. The Morgan fingerprint density at radius 2 is 1.81 bits per heavy atom. The van der Waals surface area contributed by atoms with E-state index in [0.717, 1.165) is 43.8 Å². The van der Waals surface area contributed by atoms with Crippen molar-refractivity contribution in [1.82, 2.24) is 9.80 Å². The van der Waals surface area contributed by atoms with E-state index >= 15 is 0 Å². The number of amides is 1. The molecular formula is C22H26N2O2. The van der Waals surface area contributed by atoms with Crippen LogP contribution in [0.5, 0.6) is 5.75 Å². The Kier molecular flexibility index (Phi) is 4.68. The summed E-state index contributed by atoms with van der Waals surface area (Å²) in [6.45, 7) is 2.75. The zero-order valence-corrected chi connectivity index (χ0v) is 15.5. The zero-order valence-electron chi connectivity index (χ0n) is 15.5. The molecule has 2 aromatic rings. The van der Waals surface area contributed by atoms with Crippen molar-refractivity contribution < 1.29 is 9.53 Å². The molecule has 136 valence electrons. The van der Waals surface area contributed by atoms with Crippen LogP contribution in [0.4, 0.5) is 0 Å². The molecule has 5 rings (SSSR count). The van der Waals surface area contributed by atoms with Crippen LogP contribution in [0, 0.1) is 5.92 Å². The predicted molar refractivity (Wildman–Crippen MR) is 103 cm³/mol. The minimum atomic E-state index is 0.167. The van der Waals surface area contributed by atoms with Gasteiger partial charge in [0.1, 0.15) is 5.75 Å². The van der Waals surface area contributed by atoms with Crippen LogP contribution >= 0.6 is 0 Å². The van der Waals surface area contributed by atoms with Gasteiger partial charge >= 0.3 is 0 Å². The van der Waals surface area contributed by atoms with Gasteiger partial charge in [-0.25, -0.2) is 0 Å². The van der Waals surface area contributed by atoms with E-state index < -0.39 is 0 Å². The molecule has 0 aromatic heterocycles. The predicted octanol–water partition coefficient (Wildman–Crippen LogP) is 3.41. The number of fused-ring (bicyclic) bond motifs is 4. The van der Waals surface area contributed by atoms with Crippen LogP contribution < -0.4 is 4.74 Å². The van der Waals surface area contributed by atoms with E-state index in [2.05, 4.69) is 41.3 Å². The number of methoxy groups -OCH3 is 1. The molecule has 2 atom stereocenters. The Morgan fingerprint density at radius 1 is 1.04 bits per heavy atom. The van der Waals surface area contributed by atoms with E-state index in [1.54, 1.807) is 7.11 Å². The summed E-state index contributed by atoms with van der Waals surface area (Å²) in [7, 11) is 3.66. The van der Waals surface area contributed by atoms with Crippen molar-refractivity contribution in [2.24, 2.45) is 5.92 Å². The van der Waals surface area contributed by atoms with Crippen molar-refractivity contribution in [3.8, 4) is 16.9 Å². The number of rotatable bonds is 4. The van der Waals surface area contributed by atoms with E-state index in [1.807, 2.05) is 24.1 Å². The number of hydrogen-bond acceptors (Lipinski definition) is 3. The third-order valence-electron chi connectivity index (χ3n) is 5.78. The molecule has 26 heavy (non-hydrogen) atoms. The lowest BCUT2D eigenvalue weighted by Gasteiger charge is -2.32. The highest BCUT2D eigenvalue weighted by atomic mass is 16.5. The second kappa shape index (κ2) is 7.12. The van der Waals surface area contributed by atoms with Crippen molar-refractivity contribution in [3.05, 3.63) is 54.1 Å². The van der Waals surface area contributed by atoms with Gasteiger partial charge in [-0.3, -0.25) is 9.69 Å². The number of benzene rings is 2. The van der Waals surface area contributed by atoms with Gasteiger partial charge in [0.15, 0.2) is 0 Å². The Morgan fingerprint density at radius 3 is 2.62 bits per heavy atom. The van der Waals surface area contributed by atoms with Gasteiger partial charge in [0.05, 0.1) is 13.0 Å². The number of carbonyl (C=O) groups excluding carboxylic acids is 1. The summed E-state index contributed by atoms with van der Waals surface area (Å²) in [4.78, 5) is 16.8. The molecule has 3 fully saturated rings. The molecular weight excluding hydrogens is 324 g/mol. The lowest BCUT2D eigenvalue weighted by atomic mass is 9.95. The van der Waals surface area contributed by atoms with Crippen molar-refractivity contribution in [3.63, 3.8) is 0 Å². The average Bonchev–Trinajstić information content (AvgIpc) is 2.94. The van der Waals surface area contributed by atoms with Gasteiger partial charge in [-0.15, -0.1) is 0 Å². The number of nitrogens with zero attached hydrogens (tertiary/aromatic N) is 2. The van der Waals surface area contributed by atoms with Crippen molar-refractivity contribution >= 4 is 5.91 Å². The molecule has 2 bridgehead atoms. The summed E-state index contributed by atoms with van der Waals surface area (Å²) in [5.41, 5.74) is 3.66. The molecule has 0 unspecified atom stereocenters. The monoisotopic (exact) mass is 350 g/mol. The summed E-state index contributed by atoms with van der Waals surface area (Å²) in [5.74, 6) is 1.37. The molecule has 3 saturated heterocycles. The highest BCUT2D eigenvalue weighted by molar-refractivity contribution is 5.80. The number of likely N-dealkylation sites (N-methyl/N-ethyl adjacent to an activating group) is 1. The highest BCUT2D eigenvalue weighted by Crippen LogP contribution is 2.29. The first-order valence-corrected chi connectivity index (χ1v) is 9.36. The third-order valence-corrected chi connectivity index (χ3v) is 5.78.